The molecule has 0 heterocycles. The molecule has 0 bridgehead atoms. The summed E-state index contributed by atoms with van der Waals surface area (Å²) in [6.45, 7) is 2.02. The lowest BCUT2D eigenvalue weighted by Crippen LogP contribution is -1.94. The fourth-order valence-electron chi connectivity index (χ4n) is 2.27. The van der Waals surface area contributed by atoms with Crippen LogP contribution >= 0.6 is 0 Å². The van der Waals surface area contributed by atoms with E-state index in [-0.39, 0.29) is 0 Å². The molecule has 21 heavy (non-hydrogen) atoms. The largest absolute Gasteiger partial charge is 0.497 e. The van der Waals surface area contributed by atoms with E-state index in [1.807, 2.05) is 49.4 Å². The third-order valence-electron chi connectivity index (χ3n) is 3.38. The summed E-state index contributed by atoms with van der Waals surface area (Å²) in [4.78, 5) is 0. The molecule has 0 fully saturated rings. The van der Waals surface area contributed by atoms with Gasteiger partial charge in [-0.3, -0.25) is 0 Å². The Balaban J connectivity index is 2.41. The van der Waals surface area contributed by atoms with Gasteiger partial charge in [-0.15, -0.1) is 0 Å². The van der Waals surface area contributed by atoms with Crippen molar-refractivity contribution in [3.63, 3.8) is 0 Å². The molecule has 0 saturated heterocycles. The Morgan fingerprint density at radius 1 is 0.762 bits per heavy atom. The van der Waals surface area contributed by atoms with Crippen LogP contribution in [0.15, 0.2) is 48.5 Å². The first-order valence-corrected chi connectivity index (χ1v) is 6.76. The second kappa shape index (κ2) is 6.84. The molecule has 2 aromatic rings. The molecule has 0 atom stereocenters. The minimum absolute atomic E-state index is 0.725. The van der Waals surface area contributed by atoms with Crippen molar-refractivity contribution in [1.82, 2.24) is 0 Å². The van der Waals surface area contributed by atoms with Gasteiger partial charge in [0.25, 0.3) is 0 Å². The minimum atomic E-state index is 0.725. The first kappa shape index (κ1) is 15.0. The molecule has 3 heteroatoms. The number of hydrogen-bond donors (Lipinski definition) is 0. The minimum Gasteiger partial charge on any atom is -0.497 e. The summed E-state index contributed by atoms with van der Waals surface area (Å²) in [5.74, 6) is 2.30. The van der Waals surface area contributed by atoms with E-state index in [1.165, 1.54) is 0 Å². The molecule has 110 valence electrons. The normalized spacial score (nSPS) is 11.1. The van der Waals surface area contributed by atoms with E-state index in [2.05, 4.69) is 6.08 Å². The zero-order chi connectivity index (χ0) is 15.2. The van der Waals surface area contributed by atoms with Crippen LogP contribution in [0.3, 0.4) is 0 Å². The van der Waals surface area contributed by atoms with Gasteiger partial charge in [0, 0.05) is 0 Å². The number of methoxy groups -OCH3 is 3. The third-order valence-corrected chi connectivity index (χ3v) is 3.38. The van der Waals surface area contributed by atoms with E-state index in [0.717, 1.165) is 33.9 Å². The van der Waals surface area contributed by atoms with Crippen molar-refractivity contribution in [2.75, 3.05) is 21.3 Å². The lowest BCUT2D eigenvalue weighted by molar-refractivity contribution is 0.355. The SMILES string of the molecule is CC=C(c1ccc(OC)cc1)c1ccc(OC)c(OC)c1. The van der Waals surface area contributed by atoms with Crippen LogP contribution in [-0.2, 0) is 0 Å². The van der Waals surface area contributed by atoms with Crippen LogP contribution in [-0.4, -0.2) is 21.3 Å². The molecule has 0 aliphatic rings. The molecule has 2 rings (SSSR count). The van der Waals surface area contributed by atoms with Crippen LogP contribution in [0.5, 0.6) is 17.2 Å². The molecule has 0 aliphatic heterocycles. The Hall–Kier alpha value is -2.42. The van der Waals surface area contributed by atoms with Gasteiger partial charge in [-0.05, 0) is 47.9 Å². The van der Waals surface area contributed by atoms with Gasteiger partial charge in [-0.25, -0.2) is 0 Å². The van der Waals surface area contributed by atoms with Gasteiger partial charge in [0.15, 0.2) is 11.5 Å². The Morgan fingerprint density at radius 2 is 1.38 bits per heavy atom. The molecule has 0 amide bonds. The summed E-state index contributed by atoms with van der Waals surface area (Å²) in [5, 5.41) is 0. The number of ether oxygens (including phenoxy) is 3. The second-order valence-electron chi connectivity index (χ2n) is 4.50. The van der Waals surface area contributed by atoms with Crippen molar-refractivity contribution in [2.45, 2.75) is 6.92 Å². The van der Waals surface area contributed by atoms with Crippen LogP contribution < -0.4 is 14.2 Å². The lowest BCUT2D eigenvalue weighted by atomic mass is 9.97. The summed E-state index contributed by atoms with van der Waals surface area (Å²) in [5.41, 5.74) is 3.35. The zero-order valence-electron chi connectivity index (χ0n) is 12.8. The predicted molar refractivity (Wildman–Crippen MR) is 85.3 cm³/mol. The van der Waals surface area contributed by atoms with Crippen LogP contribution in [0.4, 0.5) is 0 Å². The van der Waals surface area contributed by atoms with E-state index < -0.39 is 0 Å². The maximum absolute atomic E-state index is 5.37. The Morgan fingerprint density at radius 3 is 1.90 bits per heavy atom. The molecule has 0 unspecified atom stereocenters. The van der Waals surface area contributed by atoms with Gasteiger partial charge in [-0.2, -0.15) is 0 Å². The van der Waals surface area contributed by atoms with E-state index in [4.69, 9.17) is 14.2 Å². The highest BCUT2D eigenvalue weighted by atomic mass is 16.5. The summed E-state index contributed by atoms with van der Waals surface area (Å²) in [7, 11) is 4.95. The molecule has 0 spiro atoms. The monoisotopic (exact) mass is 284 g/mol. The highest BCUT2D eigenvalue weighted by Crippen LogP contribution is 2.33. The Bertz CT molecular complexity index is 627. The summed E-state index contributed by atoms with van der Waals surface area (Å²) in [6, 6.07) is 13.9. The van der Waals surface area contributed by atoms with Crippen LogP contribution in [0.2, 0.25) is 0 Å². The molecule has 0 saturated carbocycles. The Labute approximate surface area is 125 Å². The van der Waals surface area contributed by atoms with E-state index in [9.17, 15) is 0 Å². The number of hydrogen-bond acceptors (Lipinski definition) is 3. The molecular formula is C18H20O3. The number of rotatable bonds is 5. The fraction of sp³-hybridized carbons (Fsp3) is 0.222. The van der Waals surface area contributed by atoms with Gasteiger partial charge in [0.05, 0.1) is 21.3 Å². The average molecular weight is 284 g/mol. The Kier molecular flexibility index (Phi) is 4.88. The third kappa shape index (κ3) is 3.19. The van der Waals surface area contributed by atoms with E-state index in [0.29, 0.717) is 0 Å². The maximum Gasteiger partial charge on any atom is 0.161 e. The topological polar surface area (TPSA) is 27.7 Å². The molecular weight excluding hydrogens is 264 g/mol. The van der Waals surface area contributed by atoms with E-state index >= 15 is 0 Å². The smallest absolute Gasteiger partial charge is 0.161 e. The first-order chi connectivity index (χ1) is 10.2. The van der Waals surface area contributed by atoms with E-state index in [1.54, 1.807) is 21.3 Å². The number of benzene rings is 2. The average Bonchev–Trinajstić information content (AvgIpc) is 2.56. The van der Waals surface area contributed by atoms with Gasteiger partial charge >= 0.3 is 0 Å². The maximum atomic E-state index is 5.37. The molecule has 2 aromatic carbocycles. The van der Waals surface area contributed by atoms with Crippen molar-refractivity contribution in [3.8, 4) is 17.2 Å². The van der Waals surface area contributed by atoms with Crippen molar-refractivity contribution in [3.05, 3.63) is 59.7 Å². The van der Waals surface area contributed by atoms with Crippen LogP contribution in [0.1, 0.15) is 18.1 Å². The van der Waals surface area contributed by atoms with Gasteiger partial charge < -0.3 is 14.2 Å². The van der Waals surface area contributed by atoms with Crippen molar-refractivity contribution >= 4 is 5.57 Å². The van der Waals surface area contributed by atoms with Gasteiger partial charge in [0.2, 0.25) is 0 Å². The van der Waals surface area contributed by atoms with Crippen molar-refractivity contribution in [2.24, 2.45) is 0 Å². The van der Waals surface area contributed by atoms with Crippen LogP contribution in [0, 0.1) is 0 Å². The highest BCUT2D eigenvalue weighted by Gasteiger charge is 2.09. The van der Waals surface area contributed by atoms with Gasteiger partial charge in [-0.1, -0.05) is 24.3 Å². The van der Waals surface area contributed by atoms with Crippen molar-refractivity contribution in [1.29, 1.82) is 0 Å². The van der Waals surface area contributed by atoms with Crippen molar-refractivity contribution < 1.29 is 14.2 Å². The summed E-state index contributed by atoms with van der Waals surface area (Å²) < 4.78 is 15.9. The fourth-order valence-corrected chi connectivity index (χ4v) is 2.27. The first-order valence-electron chi connectivity index (χ1n) is 6.76. The predicted octanol–water partition coefficient (Wildman–Crippen LogP) is 4.16. The summed E-state index contributed by atoms with van der Waals surface area (Å²) in [6.07, 6.45) is 2.09. The molecule has 0 radical (unpaired) electrons. The lowest BCUT2D eigenvalue weighted by Gasteiger charge is -2.12. The second-order valence-corrected chi connectivity index (χ2v) is 4.50. The quantitative estimate of drug-likeness (QED) is 0.825. The number of allylic oxidation sites excluding steroid dienone is 1. The van der Waals surface area contributed by atoms with Gasteiger partial charge in [0.1, 0.15) is 5.75 Å². The molecule has 3 nitrogen and oxygen atoms in total. The zero-order valence-corrected chi connectivity index (χ0v) is 12.8. The highest BCUT2D eigenvalue weighted by molar-refractivity contribution is 5.80. The molecule has 0 aromatic heterocycles. The standard InChI is InChI=1S/C18H20O3/c1-5-16(13-6-9-15(19-2)10-7-13)14-8-11-17(20-3)18(12-14)21-4/h5-12H,1-4H3. The van der Waals surface area contributed by atoms with Crippen LogP contribution in [0.25, 0.3) is 5.57 Å². The molecule has 0 N–H and O–H groups in total. The molecule has 0 aliphatic carbocycles. The summed E-state index contributed by atoms with van der Waals surface area (Å²) >= 11 is 0.